The van der Waals surface area contributed by atoms with Crippen molar-refractivity contribution in [2.24, 2.45) is 23.7 Å². The molecule has 3 aliphatic carbocycles. The van der Waals surface area contributed by atoms with Gasteiger partial charge in [-0.1, -0.05) is 38.1 Å². The second-order valence-corrected chi connectivity index (χ2v) is 9.04. The molecule has 0 radical (unpaired) electrons. The molecule has 4 nitrogen and oxygen atoms in total. The molecule has 3 heterocycles. The first-order chi connectivity index (χ1) is 12.1. The van der Waals surface area contributed by atoms with Crippen molar-refractivity contribution in [3.8, 4) is 0 Å². The van der Waals surface area contributed by atoms with E-state index in [1.165, 1.54) is 11.1 Å². The third kappa shape index (κ3) is 1.77. The van der Waals surface area contributed by atoms with Crippen LogP contribution in [-0.2, 0) is 14.3 Å². The van der Waals surface area contributed by atoms with Crippen LogP contribution < -0.4 is 5.32 Å². The quantitative estimate of drug-likeness (QED) is 0.917. The van der Waals surface area contributed by atoms with Crippen molar-refractivity contribution in [1.82, 2.24) is 5.32 Å². The van der Waals surface area contributed by atoms with E-state index in [0.29, 0.717) is 35.5 Å². The molecule has 4 unspecified atom stereocenters. The number of ether oxygens (including phenoxy) is 2. The van der Waals surface area contributed by atoms with E-state index in [1.807, 2.05) is 0 Å². The minimum atomic E-state index is -0.488. The summed E-state index contributed by atoms with van der Waals surface area (Å²) < 4.78 is 11.9. The van der Waals surface area contributed by atoms with Gasteiger partial charge in [-0.2, -0.15) is 0 Å². The molecule has 0 spiro atoms. The minimum Gasteiger partial charge on any atom is -0.381 e. The molecule has 7 rings (SSSR count). The molecule has 25 heavy (non-hydrogen) atoms. The van der Waals surface area contributed by atoms with Crippen LogP contribution in [-0.4, -0.2) is 36.9 Å². The summed E-state index contributed by atoms with van der Waals surface area (Å²) >= 11 is 0. The fraction of sp³-hybridized carbons (Fsp3) is 0.667. The smallest absolute Gasteiger partial charge is 0.253 e. The molecular weight excluding hydrogens is 314 g/mol. The summed E-state index contributed by atoms with van der Waals surface area (Å²) in [7, 11) is 0. The molecule has 1 amide bonds. The van der Waals surface area contributed by atoms with Gasteiger partial charge in [0.25, 0.3) is 5.91 Å². The molecule has 6 atom stereocenters. The second kappa shape index (κ2) is 4.66. The fourth-order valence-corrected chi connectivity index (χ4v) is 6.09. The van der Waals surface area contributed by atoms with E-state index in [-0.39, 0.29) is 18.1 Å². The van der Waals surface area contributed by atoms with Gasteiger partial charge in [0, 0.05) is 35.6 Å². The van der Waals surface area contributed by atoms with Crippen LogP contribution in [0.15, 0.2) is 24.3 Å². The minimum absolute atomic E-state index is 0.158. The number of rotatable bonds is 4. The second-order valence-electron chi connectivity index (χ2n) is 9.04. The van der Waals surface area contributed by atoms with Crippen LogP contribution in [0.4, 0.5) is 0 Å². The number of amides is 1. The zero-order valence-electron chi connectivity index (χ0n) is 14.8. The molecule has 6 aliphatic rings. The monoisotopic (exact) mass is 339 g/mol. The zero-order chi connectivity index (χ0) is 16.9. The topological polar surface area (TPSA) is 47.6 Å². The summed E-state index contributed by atoms with van der Waals surface area (Å²) in [6.45, 7) is 6.00. The Balaban J connectivity index is 1.13. The largest absolute Gasteiger partial charge is 0.381 e. The third-order valence-corrected chi connectivity index (χ3v) is 7.48. The lowest BCUT2D eigenvalue weighted by molar-refractivity contribution is -0.135. The van der Waals surface area contributed by atoms with Gasteiger partial charge in [0.2, 0.25) is 0 Å². The van der Waals surface area contributed by atoms with Crippen LogP contribution in [0.25, 0.3) is 0 Å². The Labute approximate surface area is 148 Å². The maximum absolute atomic E-state index is 13.0. The van der Waals surface area contributed by atoms with E-state index >= 15 is 0 Å². The van der Waals surface area contributed by atoms with Crippen molar-refractivity contribution in [1.29, 1.82) is 0 Å². The predicted octanol–water partition coefficient (Wildman–Crippen LogP) is 2.44. The highest BCUT2D eigenvalue weighted by Gasteiger charge is 2.88. The molecular formula is C21H25NO3. The van der Waals surface area contributed by atoms with Crippen LogP contribution >= 0.6 is 0 Å². The molecule has 3 saturated carbocycles. The maximum atomic E-state index is 13.0. The van der Waals surface area contributed by atoms with Gasteiger partial charge >= 0.3 is 0 Å². The molecule has 1 N–H and O–H groups in total. The first kappa shape index (κ1) is 14.7. The molecule has 1 aromatic rings. The number of hydrogen-bond acceptors (Lipinski definition) is 3. The highest BCUT2D eigenvalue weighted by atomic mass is 16.6. The highest BCUT2D eigenvalue weighted by molar-refractivity contribution is 5.92. The molecule has 6 fully saturated rings. The Kier molecular flexibility index (Phi) is 2.75. The van der Waals surface area contributed by atoms with E-state index in [0.717, 1.165) is 19.6 Å². The van der Waals surface area contributed by atoms with Crippen LogP contribution in [0, 0.1) is 23.7 Å². The van der Waals surface area contributed by atoms with Crippen molar-refractivity contribution < 1.29 is 14.3 Å². The van der Waals surface area contributed by atoms with Gasteiger partial charge in [-0.05, 0) is 23.5 Å². The molecule has 4 heteroatoms. The summed E-state index contributed by atoms with van der Waals surface area (Å²) in [5.41, 5.74) is 2.23. The number of carbonyl (C=O) groups is 1. The predicted molar refractivity (Wildman–Crippen MR) is 92.2 cm³/mol. The van der Waals surface area contributed by atoms with Crippen molar-refractivity contribution in [2.75, 3.05) is 13.2 Å². The SMILES string of the molecule is CC(C)c1ccc([C@@H]2C[C@H]2NC(=O)C23OC4C5COCC4C2C53)cc1. The van der Waals surface area contributed by atoms with Gasteiger partial charge in [-0.15, -0.1) is 0 Å². The van der Waals surface area contributed by atoms with Gasteiger partial charge < -0.3 is 14.8 Å². The molecule has 3 saturated heterocycles. The fourth-order valence-electron chi connectivity index (χ4n) is 6.09. The van der Waals surface area contributed by atoms with Crippen LogP contribution in [0.5, 0.6) is 0 Å². The summed E-state index contributed by atoms with van der Waals surface area (Å²) in [6.07, 6.45) is 1.34. The lowest BCUT2D eigenvalue weighted by Crippen LogP contribution is -2.40. The molecule has 6 bridgehead atoms. The summed E-state index contributed by atoms with van der Waals surface area (Å²) in [6, 6.07) is 9.20. The van der Waals surface area contributed by atoms with Gasteiger partial charge in [-0.3, -0.25) is 4.79 Å². The van der Waals surface area contributed by atoms with Crippen molar-refractivity contribution >= 4 is 5.91 Å². The van der Waals surface area contributed by atoms with Crippen LogP contribution in [0.1, 0.15) is 43.2 Å². The van der Waals surface area contributed by atoms with Crippen molar-refractivity contribution in [2.45, 2.75) is 49.9 Å². The average molecular weight is 339 g/mol. The lowest BCUT2D eigenvalue weighted by Gasteiger charge is -2.24. The summed E-state index contributed by atoms with van der Waals surface area (Å²) in [5.74, 6) is 2.97. The third-order valence-electron chi connectivity index (χ3n) is 7.48. The van der Waals surface area contributed by atoms with Gasteiger partial charge in [-0.25, -0.2) is 0 Å². The number of carbonyl (C=O) groups excluding carboxylic acids is 1. The number of benzene rings is 1. The Morgan fingerprint density at radius 1 is 1.16 bits per heavy atom. The lowest BCUT2D eigenvalue weighted by atomic mass is 9.92. The Bertz CT molecular complexity index is 724. The Morgan fingerprint density at radius 3 is 2.44 bits per heavy atom. The summed E-state index contributed by atoms with van der Waals surface area (Å²) in [4.78, 5) is 13.0. The van der Waals surface area contributed by atoms with Crippen LogP contribution in [0.2, 0.25) is 0 Å². The molecule has 1 aromatic carbocycles. The standard InChI is InChI=1S/C21H25NO3/c1-10(2)11-3-5-12(6-4-11)13-7-16(13)22-20(23)21-17-14-8-24-9-15(18(17)21)19(14)25-21/h3-6,10,13-19H,7-9H2,1-2H3,(H,22,23)/t13-,14?,15?,16+,17?,18?,19?,21?/m0/s1. The maximum Gasteiger partial charge on any atom is 0.253 e. The van der Waals surface area contributed by atoms with E-state index in [4.69, 9.17) is 9.47 Å². The van der Waals surface area contributed by atoms with Gasteiger partial charge in [0.1, 0.15) is 0 Å². The van der Waals surface area contributed by atoms with Crippen LogP contribution in [0.3, 0.4) is 0 Å². The first-order valence-corrected chi connectivity index (χ1v) is 9.77. The normalized spacial score (nSPS) is 47.9. The van der Waals surface area contributed by atoms with E-state index in [9.17, 15) is 4.79 Å². The van der Waals surface area contributed by atoms with Gasteiger partial charge in [0.15, 0.2) is 5.60 Å². The first-order valence-electron chi connectivity index (χ1n) is 9.77. The number of hydrogen-bond donors (Lipinski definition) is 1. The van der Waals surface area contributed by atoms with E-state index in [1.54, 1.807) is 0 Å². The molecule has 132 valence electrons. The molecule has 3 aliphatic heterocycles. The number of nitrogens with one attached hydrogen (secondary N) is 1. The Morgan fingerprint density at radius 2 is 1.84 bits per heavy atom. The highest BCUT2D eigenvalue weighted by Crippen LogP contribution is 2.76. The zero-order valence-corrected chi connectivity index (χ0v) is 14.8. The van der Waals surface area contributed by atoms with Crippen molar-refractivity contribution in [3.63, 3.8) is 0 Å². The summed E-state index contributed by atoms with van der Waals surface area (Å²) in [5, 5.41) is 3.31. The van der Waals surface area contributed by atoms with E-state index < -0.39 is 5.60 Å². The average Bonchev–Trinajstić information content (AvgIpc) is 3.43. The van der Waals surface area contributed by atoms with E-state index in [2.05, 4.69) is 43.4 Å². The molecule has 0 aromatic heterocycles. The van der Waals surface area contributed by atoms with Gasteiger partial charge in [0.05, 0.1) is 19.3 Å². The van der Waals surface area contributed by atoms with Crippen molar-refractivity contribution in [3.05, 3.63) is 35.4 Å². The Hall–Kier alpha value is -1.39.